The van der Waals surface area contributed by atoms with E-state index in [1.807, 2.05) is 62.4 Å². The molecule has 122 valence electrons. The smallest absolute Gasteiger partial charge is 0.234 e. The number of H-pyrrole nitrogens is 1. The Morgan fingerprint density at radius 1 is 1.12 bits per heavy atom. The Labute approximate surface area is 144 Å². The first kappa shape index (κ1) is 16.3. The Hall–Kier alpha value is -2.60. The molecule has 5 nitrogen and oxygen atoms in total. The molecule has 0 aliphatic carbocycles. The molecule has 0 bridgehead atoms. The predicted octanol–water partition coefficient (Wildman–Crippen LogP) is 3.82. The molecule has 3 aromatic rings. The van der Waals surface area contributed by atoms with Crippen LogP contribution in [-0.2, 0) is 4.79 Å². The molecule has 3 rings (SSSR count). The number of anilines is 1. The highest BCUT2D eigenvalue weighted by Gasteiger charge is 2.09. The third-order valence-corrected chi connectivity index (χ3v) is 4.24. The van der Waals surface area contributed by atoms with Crippen LogP contribution >= 0.6 is 11.8 Å². The molecular formula is C18H18N4OS. The number of carbonyl (C=O) groups excluding carboxylic acids is 1. The minimum absolute atomic E-state index is 0.0764. The SMILES string of the molecule is Cc1cccc(NC(=O)CSc2n[nH]c(-c3cccc(C)c3)n2)c1. The average Bonchev–Trinajstić information content (AvgIpc) is 3.02. The minimum atomic E-state index is -0.0764. The maximum absolute atomic E-state index is 12.0. The predicted molar refractivity (Wildman–Crippen MR) is 97.1 cm³/mol. The number of rotatable bonds is 5. The van der Waals surface area contributed by atoms with Crippen LogP contribution in [0.5, 0.6) is 0 Å². The van der Waals surface area contributed by atoms with E-state index in [1.54, 1.807) is 0 Å². The molecule has 0 atom stereocenters. The van der Waals surface area contributed by atoms with Crippen LogP contribution in [0.3, 0.4) is 0 Å². The summed E-state index contributed by atoms with van der Waals surface area (Å²) in [4.78, 5) is 16.5. The highest BCUT2D eigenvalue weighted by atomic mass is 32.2. The molecule has 1 amide bonds. The van der Waals surface area contributed by atoms with Crippen molar-refractivity contribution in [1.82, 2.24) is 15.2 Å². The van der Waals surface area contributed by atoms with Gasteiger partial charge in [0, 0.05) is 11.3 Å². The van der Waals surface area contributed by atoms with Crippen LogP contribution < -0.4 is 5.32 Å². The molecule has 0 spiro atoms. The Kier molecular flexibility index (Phi) is 4.96. The van der Waals surface area contributed by atoms with E-state index in [-0.39, 0.29) is 11.7 Å². The fourth-order valence-corrected chi connectivity index (χ4v) is 2.88. The van der Waals surface area contributed by atoms with Gasteiger partial charge in [0.25, 0.3) is 0 Å². The maximum atomic E-state index is 12.0. The van der Waals surface area contributed by atoms with Crippen LogP contribution in [0.4, 0.5) is 5.69 Å². The molecular weight excluding hydrogens is 320 g/mol. The van der Waals surface area contributed by atoms with E-state index >= 15 is 0 Å². The van der Waals surface area contributed by atoms with E-state index in [9.17, 15) is 4.79 Å². The van der Waals surface area contributed by atoms with Gasteiger partial charge in [0.05, 0.1) is 5.75 Å². The molecule has 0 saturated carbocycles. The van der Waals surface area contributed by atoms with E-state index < -0.39 is 0 Å². The number of aryl methyl sites for hydroxylation is 2. The van der Waals surface area contributed by atoms with Gasteiger partial charge in [0.1, 0.15) is 0 Å². The first-order chi connectivity index (χ1) is 11.6. The lowest BCUT2D eigenvalue weighted by molar-refractivity contribution is -0.113. The first-order valence-electron chi connectivity index (χ1n) is 7.59. The summed E-state index contributed by atoms with van der Waals surface area (Å²) in [7, 11) is 0. The van der Waals surface area contributed by atoms with Crippen molar-refractivity contribution in [3.63, 3.8) is 0 Å². The number of amides is 1. The second-order valence-electron chi connectivity index (χ2n) is 5.54. The van der Waals surface area contributed by atoms with E-state index in [1.165, 1.54) is 11.8 Å². The van der Waals surface area contributed by atoms with Crippen molar-refractivity contribution in [2.75, 3.05) is 11.1 Å². The number of benzene rings is 2. The van der Waals surface area contributed by atoms with E-state index in [0.717, 1.165) is 22.4 Å². The van der Waals surface area contributed by atoms with Crippen molar-refractivity contribution in [3.05, 3.63) is 59.7 Å². The van der Waals surface area contributed by atoms with Gasteiger partial charge in [-0.05, 0) is 37.6 Å². The quantitative estimate of drug-likeness (QED) is 0.694. The second kappa shape index (κ2) is 7.31. The van der Waals surface area contributed by atoms with Crippen molar-refractivity contribution < 1.29 is 4.79 Å². The number of aromatic nitrogens is 3. The molecule has 1 heterocycles. The Morgan fingerprint density at radius 3 is 2.62 bits per heavy atom. The molecule has 0 saturated heterocycles. The normalized spacial score (nSPS) is 10.6. The third-order valence-electron chi connectivity index (χ3n) is 3.39. The van der Waals surface area contributed by atoms with E-state index in [4.69, 9.17) is 0 Å². The summed E-state index contributed by atoms with van der Waals surface area (Å²) < 4.78 is 0. The van der Waals surface area contributed by atoms with Crippen LogP contribution in [0.25, 0.3) is 11.4 Å². The van der Waals surface area contributed by atoms with Crippen molar-refractivity contribution >= 4 is 23.4 Å². The number of hydrogen-bond acceptors (Lipinski definition) is 4. The van der Waals surface area contributed by atoms with Crippen molar-refractivity contribution in [2.45, 2.75) is 19.0 Å². The Morgan fingerprint density at radius 2 is 1.88 bits per heavy atom. The van der Waals surface area contributed by atoms with Gasteiger partial charge < -0.3 is 5.32 Å². The molecule has 0 aliphatic rings. The maximum Gasteiger partial charge on any atom is 0.234 e. The summed E-state index contributed by atoms with van der Waals surface area (Å²) in [6.07, 6.45) is 0. The molecule has 0 fully saturated rings. The van der Waals surface area contributed by atoms with Gasteiger partial charge in [0.15, 0.2) is 5.82 Å². The first-order valence-corrected chi connectivity index (χ1v) is 8.57. The zero-order chi connectivity index (χ0) is 16.9. The highest BCUT2D eigenvalue weighted by Crippen LogP contribution is 2.20. The van der Waals surface area contributed by atoms with Gasteiger partial charge in [-0.3, -0.25) is 9.89 Å². The van der Waals surface area contributed by atoms with Gasteiger partial charge in [0.2, 0.25) is 11.1 Å². The average molecular weight is 338 g/mol. The molecule has 6 heteroatoms. The van der Waals surface area contributed by atoms with E-state index in [0.29, 0.717) is 11.0 Å². The molecule has 24 heavy (non-hydrogen) atoms. The topological polar surface area (TPSA) is 70.7 Å². The monoisotopic (exact) mass is 338 g/mol. The largest absolute Gasteiger partial charge is 0.325 e. The summed E-state index contributed by atoms with van der Waals surface area (Å²) in [6, 6.07) is 15.8. The van der Waals surface area contributed by atoms with Crippen LogP contribution in [0.1, 0.15) is 11.1 Å². The highest BCUT2D eigenvalue weighted by molar-refractivity contribution is 7.99. The number of hydrogen-bond donors (Lipinski definition) is 2. The molecule has 2 aromatic carbocycles. The van der Waals surface area contributed by atoms with E-state index in [2.05, 4.69) is 20.5 Å². The number of carbonyl (C=O) groups is 1. The standard InChI is InChI=1S/C18H18N4OS/c1-12-5-3-7-14(9-12)17-20-18(22-21-17)24-11-16(23)19-15-8-4-6-13(2)10-15/h3-10H,11H2,1-2H3,(H,19,23)(H,20,21,22). The van der Waals surface area contributed by atoms with Gasteiger partial charge in [-0.25, -0.2) is 4.98 Å². The van der Waals surface area contributed by atoms with Gasteiger partial charge in [-0.15, -0.1) is 5.10 Å². The summed E-state index contributed by atoms with van der Waals surface area (Å²) in [5.74, 6) is 0.895. The molecule has 0 radical (unpaired) electrons. The van der Waals surface area contributed by atoms with Gasteiger partial charge in [-0.1, -0.05) is 47.7 Å². The third kappa shape index (κ3) is 4.23. The Bertz CT molecular complexity index is 859. The fraction of sp³-hybridized carbons (Fsp3) is 0.167. The molecule has 0 unspecified atom stereocenters. The number of aromatic amines is 1. The molecule has 2 N–H and O–H groups in total. The van der Waals surface area contributed by atoms with Crippen molar-refractivity contribution in [2.24, 2.45) is 0 Å². The lowest BCUT2D eigenvalue weighted by Gasteiger charge is -2.04. The summed E-state index contributed by atoms with van der Waals surface area (Å²) in [6.45, 7) is 4.02. The zero-order valence-electron chi connectivity index (χ0n) is 13.5. The summed E-state index contributed by atoms with van der Waals surface area (Å²) in [5.41, 5.74) is 4.06. The van der Waals surface area contributed by atoms with Crippen LogP contribution in [0.2, 0.25) is 0 Å². The second-order valence-corrected chi connectivity index (χ2v) is 6.48. The van der Waals surface area contributed by atoms with Gasteiger partial charge in [-0.2, -0.15) is 0 Å². The molecule has 1 aromatic heterocycles. The van der Waals surface area contributed by atoms with Crippen molar-refractivity contribution in [3.8, 4) is 11.4 Å². The number of nitrogens with one attached hydrogen (secondary N) is 2. The number of nitrogens with zero attached hydrogens (tertiary/aromatic N) is 2. The lowest BCUT2D eigenvalue weighted by atomic mass is 10.1. The fourth-order valence-electron chi connectivity index (χ4n) is 2.28. The zero-order valence-corrected chi connectivity index (χ0v) is 14.4. The lowest BCUT2D eigenvalue weighted by Crippen LogP contribution is -2.14. The molecule has 0 aliphatic heterocycles. The van der Waals surface area contributed by atoms with Crippen LogP contribution in [0, 0.1) is 13.8 Å². The summed E-state index contributed by atoms with van der Waals surface area (Å²) in [5, 5.41) is 10.5. The minimum Gasteiger partial charge on any atom is -0.325 e. The van der Waals surface area contributed by atoms with Gasteiger partial charge >= 0.3 is 0 Å². The van der Waals surface area contributed by atoms with Crippen molar-refractivity contribution in [1.29, 1.82) is 0 Å². The Balaban J connectivity index is 1.58. The van der Waals surface area contributed by atoms with Crippen LogP contribution in [-0.4, -0.2) is 26.8 Å². The summed E-state index contributed by atoms with van der Waals surface area (Å²) >= 11 is 1.31. The number of thioether (sulfide) groups is 1. The van der Waals surface area contributed by atoms with Crippen LogP contribution in [0.15, 0.2) is 53.7 Å².